The number of aromatic carboxylic acids is 1. The molecule has 0 spiro atoms. The number of carbonyl (C=O) groups is 2. The van der Waals surface area contributed by atoms with E-state index in [1.165, 1.54) is 6.07 Å². The van der Waals surface area contributed by atoms with E-state index in [4.69, 9.17) is 33.1 Å². The first-order valence-corrected chi connectivity index (χ1v) is 10.9. The molecule has 1 aromatic heterocycles. The molecule has 1 aliphatic rings. The number of aryl methyl sites for hydroxylation is 1. The predicted octanol–water partition coefficient (Wildman–Crippen LogP) is 4.83. The Morgan fingerprint density at radius 2 is 1.82 bits per heavy atom. The van der Waals surface area contributed by atoms with Gasteiger partial charge < -0.3 is 9.67 Å². The zero-order valence-electron chi connectivity index (χ0n) is 17.7. The number of pyridine rings is 1. The fourth-order valence-corrected chi connectivity index (χ4v) is 4.05. The Hall–Kier alpha value is -2.36. The topological polar surface area (TPSA) is 79.6 Å². The van der Waals surface area contributed by atoms with Crippen LogP contribution in [0.25, 0.3) is 0 Å². The average molecular weight is 507 g/mol. The largest absolute Gasteiger partial charge is 0.478 e. The van der Waals surface area contributed by atoms with Gasteiger partial charge in [0.2, 0.25) is 6.29 Å². The molecule has 0 radical (unpaired) electrons. The van der Waals surface area contributed by atoms with Crippen LogP contribution < -0.4 is 5.56 Å². The van der Waals surface area contributed by atoms with Crippen LogP contribution in [0, 0.1) is 0 Å². The maximum Gasteiger partial charge on any atom is 0.446 e. The normalized spacial score (nSPS) is 16.2. The van der Waals surface area contributed by atoms with E-state index in [2.05, 4.69) is 11.8 Å². The minimum absolute atomic E-state index is 0.111. The number of alkyl halides is 3. The van der Waals surface area contributed by atoms with E-state index in [1.807, 2.05) is 0 Å². The number of carboxylic acids is 1. The molecule has 3 rings (SSSR count). The zero-order chi connectivity index (χ0) is 24.8. The lowest BCUT2D eigenvalue weighted by Crippen LogP contribution is -2.32. The number of halogens is 5. The number of likely N-dealkylation sites (tertiary alicyclic amines) is 1. The fourth-order valence-electron chi connectivity index (χ4n) is 3.51. The number of hydrogen-bond acceptors (Lipinski definition) is 4. The summed E-state index contributed by atoms with van der Waals surface area (Å²) >= 11 is 12.5. The van der Waals surface area contributed by atoms with Gasteiger partial charge in [-0.25, -0.2) is 4.79 Å². The molecule has 0 saturated carbocycles. The molecule has 1 atom stereocenters. The van der Waals surface area contributed by atoms with E-state index in [-0.39, 0.29) is 16.1 Å². The Balaban J connectivity index is 0.000000569. The Morgan fingerprint density at radius 3 is 2.30 bits per heavy atom. The molecular weight excluding hydrogens is 484 g/mol. The molecule has 180 valence electrons. The van der Waals surface area contributed by atoms with Gasteiger partial charge in [-0.2, -0.15) is 13.2 Å². The molecule has 1 aromatic carbocycles. The molecule has 1 saturated heterocycles. The van der Waals surface area contributed by atoms with Crippen molar-refractivity contribution in [2.75, 3.05) is 6.54 Å². The molecule has 0 unspecified atom stereocenters. The van der Waals surface area contributed by atoms with Crippen molar-refractivity contribution >= 4 is 35.5 Å². The number of aldehydes is 1. The van der Waals surface area contributed by atoms with Crippen LogP contribution >= 0.6 is 23.2 Å². The molecule has 2 heterocycles. The van der Waals surface area contributed by atoms with Crippen molar-refractivity contribution in [3.05, 3.63) is 67.6 Å². The van der Waals surface area contributed by atoms with Crippen LogP contribution in [0.3, 0.4) is 0 Å². The minimum Gasteiger partial charge on any atom is -0.478 e. The van der Waals surface area contributed by atoms with Crippen molar-refractivity contribution in [1.29, 1.82) is 0 Å². The van der Waals surface area contributed by atoms with E-state index in [1.54, 1.807) is 28.8 Å². The molecular formula is C22H23Cl2F3N2O4. The molecule has 1 N–H and O–H groups in total. The van der Waals surface area contributed by atoms with Gasteiger partial charge >= 0.3 is 12.1 Å². The average Bonchev–Trinajstić information content (AvgIpc) is 3.16. The number of rotatable bonds is 6. The molecule has 33 heavy (non-hydrogen) atoms. The second kappa shape index (κ2) is 11.7. The van der Waals surface area contributed by atoms with Gasteiger partial charge in [0, 0.05) is 19.1 Å². The molecule has 1 aliphatic heterocycles. The standard InChI is InChI=1S/C20H22Cl2N2O3.C2HF3O/c1-13-3-2-9-23(13)12-18-16(21)11-17(22)19(25)24(18)10-8-14-4-6-15(7-5-14)20(26)27;3-2(4,5)1-6/h4-7,11,13H,2-3,8-10,12H2,1H3,(H,26,27);1H/t13-;/m0./s1. The van der Waals surface area contributed by atoms with Gasteiger partial charge in [-0.3, -0.25) is 14.5 Å². The van der Waals surface area contributed by atoms with E-state index in [0.717, 1.165) is 30.6 Å². The molecule has 6 nitrogen and oxygen atoms in total. The number of hydrogen-bond donors (Lipinski definition) is 1. The van der Waals surface area contributed by atoms with Crippen LogP contribution in [0.1, 0.15) is 41.4 Å². The highest BCUT2D eigenvalue weighted by atomic mass is 35.5. The maximum absolute atomic E-state index is 12.6. The van der Waals surface area contributed by atoms with Gasteiger partial charge in [-0.1, -0.05) is 35.3 Å². The molecule has 0 aliphatic carbocycles. The van der Waals surface area contributed by atoms with Crippen molar-refractivity contribution in [2.24, 2.45) is 0 Å². The smallest absolute Gasteiger partial charge is 0.446 e. The number of aromatic nitrogens is 1. The van der Waals surface area contributed by atoms with Crippen LogP contribution in [0.5, 0.6) is 0 Å². The molecule has 0 amide bonds. The highest BCUT2D eigenvalue weighted by molar-refractivity contribution is 6.34. The van der Waals surface area contributed by atoms with Gasteiger partial charge in [-0.15, -0.1) is 0 Å². The summed E-state index contributed by atoms with van der Waals surface area (Å²) in [7, 11) is 0. The maximum atomic E-state index is 12.6. The third kappa shape index (κ3) is 7.87. The van der Waals surface area contributed by atoms with Crippen molar-refractivity contribution in [3.8, 4) is 0 Å². The van der Waals surface area contributed by atoms with E-state index >= 15 is 0 Å². The molecule has 0 bridgehead atoms. The summed E-state index contributed by atoms with van der Waals surface area (Å²) in [5.41, 5.74) is 1.72. The highest BCUT2D eigenvalue weighted by Gasteiger charge is 2.25. The van der Waals surface area contributed by atoms with Crippen molar-refractivity contribution < 1.29 is 27.9 Å². The van der Waals surface area contributed by atoms with Gasteiger partial charge in [0.05, 0.1) is 16.3 Å². The quantitative estimate of drug-likeness (QED) is 0.567. The summed E-state index contributed by atoms with van der Waals surface area (Å²) in [6.45, 7) is 4.22. The SMILES string of the molecule is C[C@H]1CCCN1Cc1c(Cl)cc(Cl)c(=O)n1CCc1ccc(C(=O)O)cc1.O=CC(F)(F)F. The Kier molecular flexibility index (Phi) is 9.51. The Labute approximate surface area is 198 Å². The first-order valence-electron chi connectivity index (χ1n) is 10.1. The summed E-state index contributed by atoms with van der Waals surface area (Å²) < 4.78 is 32.9. The van der Waals surface area contributed by atoms with E-state index in [0.29, 0.717) is 30.6 Å². The van der Waals surface area contributed by atoms with Crippen molar-refractivity contribution in [3.63, 3.8) is 0 Å². The monoisotopic (exact) mass is 506 g/mol. The molecule has 11 heteroatoms. The first kappa shape index (κ1) is 26.9. The summed E-state index contributed by atoms with van der Waals surface area (Å²) in [4.78, 5) is 34.6. The third-order valence-electron chi connectivity index (χ3n) is 5.31. The molecule has 1 fully saturated rings. The Morgan fingerprint density at radius 1 is 1.21 bits per heavy atom. The number of carboxylic acid groups (broad SMARTS) is 1. The van der Waals surface area contributed by atoms with E-state index in [9.17, 15) is 22.8 Å². The van der Waals surface area contributed by atoms with Crippen LogP contribution in [0.4, 0.5) is 13.2 Å². The van der Waals surface area contributed by atoms with Crippen LogP contribution in [0.15, 0.2) is 35.1 Å². The number of nitrogens with zero attached hydrogens (tertiary/aromatic N) is 2. The Bertz CT molecular complexity index is 1040. The second-order valence-corrected chi connectivity index (χ2v) is 8.43. The van der Waals surface area contributed by atoms with Crippen LogP contribution in [0.2, 0.25) is 10.0 Å². The lowest BCUT2D eigenvalue weighted by Gasteiger charge is -2.24. The first-order chi connectivity index (χ1) is 15.4. The van der Waals surface area contributed by atoms with E-state index < -0.39 is 18.4 Å². The minimum atomic E-state index is -4.64. The second-order valence-electron chi connectivity index (χ2n) is 7.62. The predicted molar refractivity (Wildman–Crippen MR) is 119 cm³/mol. The van der Waals surface area contributed by atoms with Gasteiger partial charge in [-0.05, 0) is 56.5 Å². The summed E-state index contributed by atoms with van der Waals surface area (Å²) in [5, 5.41) is 9.61. The van der Waals surface area contributed by atoms with Crippen molar-refractivity contribution in [2.45, 2.75) is 51.5 Å². The lowest BCUT2D eigenvalue weighted by atomic mass is 10.1. The summed E-state index contributed by atoms with van der Waals surface area (Å²) in [6, 6.07) is 8.66. The highest BCUT2D eigenvalue weighted by Crippen LogP contribution is 2.24. The third-order valence-corrected chi connectivity index (χ3v) is 5.90. The zero-order valence-corrected chi connectivity index (χ0v) is 19.3. The van der Waals surface area contributed by atoms with Gasteiger partial charge in [0.25, 0.3) is 5.56 Å². The summed E-state index contributed by atoms with van der Waals surface area (Å²) in [5.74, 6) is -0.957. The van der Waals surface area contributed by atoms with Crippen molar-refractivity contribution in [1.82, 2.24) is 9.47 Å². The summed E-state index contributed by atoms with van der Waals surface area (Å²) in [6.07, 6.45) is -2.83. The van der Waals surface area contributed by atoms with Crippen LogP contribution in [-0.4, -0.2) is 45.6 Å². The van der Waals surface area contributed by atoms with Gasteiger partial charge in [0.15, 0.2) is 0 Å². The number of carbonyl (C=O) groups excluding carboxylic acids is 1. The molecule has 2 aromatic rings. The van der Waals surface area contributed by atoms with Gasteiger partial charge in [0.1, 0.15) is 5.02 Å². The van der Waals surface area contributed by atoms with Crippen LogP contribution in [-0.2, 0) is 24.3 Å². The lowest BCUT2D eigenvalue weighted by molar-refractivity contribution is -0.156. The fraction of sp³-hybridized carbons (Fsp3) is 0.409. The number of benzene rings is 1.